The normalized spacial score (nSPS) is 10.4. The number of nitrogens with one attached hydrogen (secondary N) is 2. The van der Waals surface area contributed by atoms with E-state index >= 15 is 0 Å². The van der Waals surface area contributed by atoms with Gasteiger partial charge in [-0.15, -0.1) is 0 Å². The smallest absolute Gasteiger partial charge is 0.314 e. The quantitative estimate of drug-likeness (QED) is 0.613. The molecule has 2 N–H and O–H groups in total. The molecule has 0 fully saturated rings. The van der Waals surface area contributed by atoms with Crippen molar-refractivity contribution in [2.24, 2.45) is 0 Å². The number of hydrogen-bond donors (Lipinski definition) is 2. The zero-order valence-corrected chi connectivity index (χ0v) is 15.2. The number of carbonyl (C=O) groups is 2. The number of nitrogens with zero attached hydrogens (tertiary/aromatic N) is 1. The molecule has 0 bridgehead atoms. The summed E-state index contributed by atoms with van der Waals surface area (Å²) in [4.78, 5) is 26.1. The van der Waals surface area contributed by atoms with E-state index in [2.05, 4.69) is 10.2 Å². The third-order valence-corrected chi connectivity index (χ3v) is 4.08. The molecule has 0 atom stereocenters. The van der Waals surface area contributed by atoms with Gasteiger partial charge in [-0.25, -0.2) is 13.2 Å². The van der Waals surface area contributed by atoms with Gasteiger partial charge in [0, 0.05) is 24.5 Å². The Labute approximate surface area is 155 Å². The van der Waals surface area contributed by atoms with Gasteiger partial charge < -0.3 is 15.5 Å². The number of hydrogen-bond acceptors (Lipinski definition) is 3. The molecule has 8 heteroatoms. The SMILES string of the molecule is CCN(CC)c1ccc(NC(=O)C(=O)Nc2ccc(F)c(F)c2F)c(C)c1. The van der Waals surface area contributed by atoms with Crippen molar-refractivity contribution in [2.75, 3.05) is 28.6 Å². The summed E-state index contributed by atoms with van der Waals surface area (Å²) in [5.74, 6) is -6.95. The lowest BCUT2D eigenvalue weighted by molar-refractivity contribution is -0.133. The number of rotatable bonds is 5. The molecule has 0 heterocycles. The topological polar surface area (TPSA) is 61.4 Å². The van der Waals surface area contributed by atoms with Gasteiger partial charge in [0.25, 0.3) is 0 Å². The van der Waals surface area contributed by atoms with Crippen LogP contribution in [0.25, 0.3) is 0 Å². The fraction of sp³-hybridized carbons (Fsp3) is 0.263. The molecule has 144 valence electrons. The number of anilines is 3. The Morgan fingerprint density at radius 1 is 0.889 bits per heavy atom. The van der Waals surface area contributed by atoms with E-state index in [9.17, 15) is 22.8 Å². The first-order valence-electron chi connectivity index (χ1n) is 8.39. The van der Waals surface area contributed by atoms with Crippen molar-refractivity contribution in [1.82, 2.24) is 0 Å². The lowest BCUT2D eigenvalue weighted by Crippen LogP contribution is -2.30. The molecule has 0 saturated carbocycles. The molecule has 2 aromatic carbocycles. The van der Waals surface area contributed by atoms with Gasteiger partial charge in [0.2, 0.25) is 0 Å². The van der Waals surface area contributed by atoms with Crippen LogP contribution in [0.2, 0.25) is 0 Å². The third-order valence-electron chi connectivity index (χ3n) is 4.08. The number of carbonyl (C=O) groups excluding carboxylic acids is 2. The molecular formula is C19H20F3N3O2. The molecule has 2 amide bonds. The minimum absolute atomic E-state index is 0.414. The zero-order chi connectivity index (χ0) is 20.1. The van der Waals surface area contributed by atoms with E-state index < -0.39 is 35.0 Å². The summed E-state index contributed by atoms with van der Waals surface area (Å²) in [7, 11) is 0. The fourth-order valence-corrected chi connectivity index (χ4v) is 2.55. The highest BCUT2D eigenvalue weighted by molar-refractivity contribution is 6.43. The molecule has 5 nitrogen and oxygen atoms in total. The molecule has 2 rings (SSSR count). The summed E-state index contributed by atoms with van der Waals surface area (Å²) in [6, 6.07) is 6.83. The summed E-state index contributed by atoms with van der Waals surface area (Å²) >= 11 is 0. The van der Waals surface area contributed by atoms with Crippen molar-refractivity contribution in [1.29, 1.82) is 0 Å². The van der Waals surface area contributed by atoms with Crippen LogP contribution in [0.5, 0.6) is 0 Å². The van der Waals surface area contributed by atoms with Gasteiger partial charge in [0.15, 0.2) is 17.5 Å². The maximum absolute atomic E-state index is 13.6. The van der Waals surface area contributed by atoms with Crippen LogP contribution in [0.3, 0.4) is 0 Å². The minimum Gasteiger partial charge on any atom is -0.372 e. The second-order valence-electron chi connectivity index (χ2n) is 5.80. The summed E-state index contributed by atoms with van der Waals surface area (Å²) in [6.45, 7) is 7.47. The lowest BCUT2D eigenvalue weighted by atomic mass is 10.1. The van der Waals surface area contributed by atoms with Crippen LogP contribution >= 0.6 is 0 Å². The van der Waals surface area contributed by atoms with Gasteiger partial charge in [-0.3, -0.25) is 9.59 Å². The molecule has 0 aliphatic carbocycles. The highest BCUT2D eigenvalue weighted by Gasteiger charge is 2.20. The number of amides is 2. The molecule has 0 aromatic heterocycles. The van der Waals surface area contributed by atoms with Crippen LogP contribution in [0.4, 0.5) is 30.2 Å². The van der Waals surface area contributed by atoms with Gasteiger partial charge in [-0.2, -0.15) is 0 Å². The standard InChI is InChI=1S/C19H20F3N3O2/c1-4-25(5-2)12-6-8-14(11(3)10-12)23-18(26)19(27)24-15-9-7-13(20)16(21)17(15)22/h6-10H,4-5H2,1-3H3,(H,23,26)(H,24,27). The second kappa shape index (κ2) is 8.57. The molecule has 0 saturated heterocycles. The molecule has 0 spiro atoms. The molecule has 0 unspecified atom stereocenters. The molecule has 0 aliphatic rings. The van der Waals surface area contributed by atoms with Crippen molar-refractivity contribution in [3.8, 4) is 0 Å². The first-order chi connectivity index (χ1) is 12.8. The van der Waals surface area contributed by atoms with E-state index in [1.54, 1.807) is 13.0 Å². The van der Waals surface area contributed by atoms with E-state index in [-0.39, 0.29) is 0 Å². The van der Waals surface area contributed by atoms with Crippen LogP contribution in [-0.4, -0.2) is 24.9 Å². The van der Waals surface area contributed by atoms with E-state index in [1.165, 1.54) is 0 Å². The maximum atomic E-state index is 13.6. The van der Waals surface area contributed by atoms with Crippen LogP contribution in [-0.2, 0) is 9.59 Å². The average Bonchev–Trinajstić information content (AvgIpc) is 2.65. The molecule has 0 radical (unpaired) electrons. The summed E-state index contributed by atoms with van der Waals surface area (Å²) in [6.07, 6.45) is 0. The van der Waals surface area contributed by atoms with Crippen molar-refractivity contribution in [2.45, 2.75) is 20.8 Å². The van der Waals surface area contributed by atoms with Gasteiger partial charge in [0.05, 0.1) is 5.69 Å². The lowest BCUT2D eigenvalue weighted by Gasteiger charge is -2.22. The molecule has 27 heavy (non-hydrogen) atoms. The zero-order valence-electron chi connectivity index (χ0n) is 15.2. The maximum Gasteiger partial charge on any atom is 0.314 e. The molecule has 0 aliphatic heterocycles. The summed E-state index contributed by atoms with van der Waals surface area (Å²) in [5.41, 5.74) is 1.50. The number of halogens is 3. The van der Waals surface area contributed by atoms with E-state index in [1.807, 2.05) is 31.3 Å². The van der Waals surface area contributed by atoms with Crippen molar-refractivity contribution < 1.29 is 22.8 Å². The highest BCUT2D eigenvalue weighted by Crippen LogP contribution is 2.23. The highest BCUT2D eigenvalue weighted by atomic mass is 19.2. The number of benzene rings is 2. The van der Waals surface area contributed by atoms with Crippen molar-refractivity contribution >= 4 is 28.9 Å². The molecule has 2 aromatic rings. The Hall–Kier alpha value is -3.03. The summed E-state index contributed by atoms with van der Waals surface area (Å²) < 4.78 is 39.7. The van der Waals surface area contributed by atoms with Gasteiger partial charge in [-0.1, -0.05) is 0 Å². The van der Waals surface area contributed by atoms with Gasteiger partial charge >= 0.3 is 11.8 Å². The van der Waals surface area contributed by atoms with Crippen molar-refractivity contribution in [3.05, 3.63) is 53.3 Å². The largest absolute Gasteiger partial charge is 0.372 e. The Bertz CT molecular complexity index is 868. The monoisotopic (exact) mass is 379 g/mol. The second-order valence-corrected chi connectivity index (χ2v) is 5.80. The van der Waals surface area contributed by atoms with Crippen LogP contribution in [0, 0.1) is 24.4 Å². The van der Waals surface area contributed by atoms with Gasteiger partial charge in [0.1, 0.15) is 0 Å². The Balaban J connectivity index is 2.11. The molecular weight excluding hydrogens is 359 g/mol. The predicted octanol–water partition coefficient (Wildman–Crippen LogP) is 3.84. The van der Waals surface area contributed by atoms with Crippen LogP contribution in [0.1, 0.15) is 19.4 Å². The Morgan fingerprint density at radius 3 is 2.00 bits per heavy atom. The average molecular weight is 379 g/mol. The minimum atomic E-state index is -1.73. The van der Waals surface area contributed by atoms with E-state index in [4.69, 9.17) is 0 Å². The van der Waals surface area contributed by atoms with Crippen LogP contribution < -0.4 is 15.5 Å². The Kier molecular flexibility index (Phi) is 6.44. The number of aryl methyl sites for hydroxylation is 1. The van der Waals surface area contributed by atoms with Crippen molar-refractivity contribution in [3.63, 3.8) is 0 Å². The predicted molar refractivity (Wildman–Crippen MR) is 98.3 cm³/mol. The van der Waals surface area contributed by atoms with E-state index in [0.29, 0.717) is 11.8 Å². The summed E-state index contributed by atoms with van der Waals surface area (Å²) in [5, 5.41) is 4.34. The fourth-order valence-electron chi connectivity index (χ4n) is 2.55. The first kappa shape index (κ1) is 20.3. The van der Waals surface area contributed by atoms with E-state index in [0.717, 1.165) is 30.4 Å². The van der Waals surface area contributed by atoms with Crippen LogP contribution in [0.15, 0.2) is 30.3 Å². The van der Waals surface area contributed by atoms with Gasteiger partial charge in [-0.05, 0) is 56.7 Å². The Morgan fingerprint density at radius 2 is 1.44 bits per heavy atom. The first-order valence-corrected chi connectivity index (χ1v) is 8.39. The third kappa shape index (κ3) is 4.58.